The van der Waals surface area contributed by atoms with Crippen LogP contribution < -0.4 is 10.0 Å². The standard InChI is InChI=1S/C20H22F2N2O3S/c1-23-20(25)14-2-7-16(8-3-14)24-28(26,27)17-9-4-13(5-10-17)18-11-6-15(21)12-19(18)22/h4-6,9-12,14,16,24H,2-3,7-8H2,1H3,(H,23,25)/t14-,16+. The molecule has 2 N–H and O–H groups in total. The Labute approximate surface area is 163 Å². The van der Waals surface area contributed by atoms with E-state index in [-0.39, 0.29) is 28.3 Å². The van der Waals surface area contributed by atoms with Crippen LogP contribution in [0.3, 0.4) is 0 Å². The molecule has 2 aromatic rings. The SMILES string of the molecule is CNC(=O)[C@H]1CC[C@@H](NS(=O)(=O)c2ccc(-c3ccc(F)cc3F)cc2)CC1. The van der Waals surface area contributed by atoms with Crippen molar-refractivity contribution in [3.05, 3.63) is 54.1 Å². The molecule has 1 saturated carbocycles. The minimum absolute atomic E-state index is 0.00933. The van der Waals surface area contributed by atoms with Crippen LogP contribution in [0.1, 0.15) is 25.7 Å². The molecular weight excluding hydrogens is 386 g/mol. The van der Waals surface area contributed by atoms with Gasteiger partial charge in [-0.2, -0.15) is 0 Å². The first-order valence-corrected chi connectivity index (χ1v) is 10.6. The number of hydrogen-bond donors (Lipinski definition) is 2. The highest BCUT2D eigenvalue weighted by Crippen LogP contribution is 2.27. The lowest BCUT2D eigenvalue weighted by atomic mass is 9.86. The van der Waals surface area contributed by atoms with Gasteiger partial charge in [-0.05, 0) is 55.5 Å². The van der Waals surface area contributed by atoms with Gasteiger partial charge in [-0.3, -0.25) is 4.79 Å². The third-order valence-electron chi connectivity index (χ3n) is 5.07. The zero-order valence-corrected chi connectivity index (χ0v) is 16.2. The summed E-state index contributed by atoms with van der Waals surface area (Å²) in [5, 5.41) is 2.62. The molecule has 0 spiro atoms. The van der Waals surface area contributed by atoms with Crippen LogP contribution in [0.5, 0.6) is 0 Å². The first-order valence-electron chi connectivity index (χ1n) is 9.09. The number of halogens is 2. The predicted molar refractivity (Wildman–Crippen MR) is 102 cm³/mol. The van der Waals surface area contributed by atoms with Gasteiger partial charge in [0.05, 0.1) is 4.90 Å². The molecule has 3 rings (SSSR count). The van der Waals surface area contributed by atoms with Crippen molar-refractivity contribution in [2.75, 3.05) is 7.05 Å². The maximum atomic E-state index is 13.9. The number of carbonyl (C=O) groups is 1. The molecule has 0 aromatic heterocycles. The van der Waals surface area contributed by atoms with Crippen LogP contribution in [0.15, 0.2) is 47.4 Å². The Morgan fingerprint density at radius 2 is 1.64 bits per heavy atom. The van der Waals surface area contributed by atoms with Crippen molar-refractivity contribution in [3.63, 3.8) is 0 Å². The van der Waals surface area contributed by atoms with Crippen LogP contribution in [-0.2, 0) is 14.8 Å². The van der Waals surface area contributed by atoms with E-state index in [0.717, 1.165) is 12.1 Å². The monoisotopic (exact) mass is 408 g/mol. The third kappa shape index (κ3) is 4.56. The zero-order chi connectivity index (χ0) is 20.3. The predicted octanol–water partition coefficient (Wildman–Crippen LogP) is 3.21. The molecule has 2 aromatic carbocycles. The Balaban J connectivity index is 1.68. The van der Waals surface area contributed by atoms with E-state index in [1.807, 2.05) is 0 Å². The minimum atomic E-state index is -3.72. The van der Waals surface area contributed by atoms with Crippen molar-refractivity contribution >= 4 is 15.9 Å². The molecule has 8 heteroatoms. The summed E-state index contributed by atoms with van der Waals surface area (Å²) in [6, 6.07) is 8.82. The van der Waals surface area contributed by atoms with E-state index >= 15 is 0 Å². The minimum Gasteiger partial charge on any atom is -0.359 e. The fourth-order valence-electron chi connectivity index (χ4n) is 3.50. The van der Waals surface area contributed by atoms with Gasteiger partial charge in [0.1, 0.15) is 11.6 Å². The van der Waals surface area contributed by atoms with Crippen LogP contribution in [0.25, 0.3) is 11.1 Å². The molecule has 1 amide bonds. The second-order valence-electron chi connectivity index (χ2n) is 6.93. The molecule has 1 fully saturated rings. The number of sulfonamides is 1. The molecule has 0 atom stereocenters. The number of amides is 1. The molecule has 28 heavy (non-hydrogen) atoms. The smallest absolute Gasteiger partial charge is 0.240 e. The number of rotatable bonds is 5. The molecule has 5 nitrogen and oxygen atoms in total. The Kier molecular flexibility index (Phi) is 6.10. The van der Waals surface area contributed by atoms with Gasteiger partial charge in [-0.25, -0.2) is 21.9 Å². The van der Waals surface area contributed by atoms with E-state index < -0.39 is 21.7 Å². The molecule has 0 bridgehead atoms. The third-order valence-corrected chi connectivity index (χ3v) is 6.61. The summed E-state index contributed by atoms with van der Waals surface area (Å²) >= 11 is 0. The second kappa shape index (κ2) is 8.36. The van der Waals surface area contributed by atoms with Crippen LogP contribution in [0, 0.1) is 17.6 Å². The van der Waals surface area contributed by atoms with Gasteiger partial charge >= 0.3 is 0 Å². The molecule has 1 aliphatic carbocycles. The number of nitrogens with one attached hydrogen (secondary N) is 2. The van der Waals surface area contributed by atoms with Gasteiger partial charge in [0.2, 0.25) is 15.9 Å². The van der Waals surface area contributed by atoms with E-state index in [4.69, 9.17) is 0 Å². The summed E-state index contributed by atoms with van der Waals surface area (Å²) in [5.41, 5.74) is 0.661. The van der Waals surface area contributed by atoms with Gasteiger partial charge in [-0.1, -0.05) is 12.1 Å². The van der Waals surface area contributed by atoms with Gasteiger partial charge in [0.15, 0.2) is 0 Å². The first kappa shape index (κ1) is 20.4. The fraction of sp³-hybridized carbons (Fsp3) is 0.350. The maximum Gasteiger partial charge on any atom is 0.240 e. The number of hydrogen-bond acceptors (Lipinski definition) is 3. The Hall–Kier alpha value is -2.32. The zero-order valence-electron chi connectivity index (χ0n) is 15.4. The molecule has 0 saturated heterocycles. The average Bonchev–Trinajstić information content (AvgIpc) is 2.68. The van der Waals surface area contributed by atoms with Gasteiger partial charge < -0.3 is 5.32 Å². The van der Waals surface area contributed by atoms with Crippen molar-refractivity contribution in [3.8, 4) is 11.1 Å². The fourth-order valence-corrected chi connectivity index (χ4v) is 4.81. The average molecular weight is 408 g/mol. The summed E-state index contributed by atoms with van der Waals surface area (Å²) in [5.74, 6) is -1.46. The molecule has 0 unspecified atom stereocenters. The summed E-state index contributed by atoms with van der Waals surface area (Å²) in [6.45, 7) is 0. The summed E-state index contributed by atoms with van der Waals surface area (Å²) in [6.07, 6.45) is 2.46. The van der Waals surface area contributed by atoms with Gasteiger partial charge in [-0.15, -0.1) is 0 Å². The van der Waals surface area contributed by atoms with E-state index in [2.05, 4.69) is 10.0 Å². The molecule has 1 aliphatic rings. The first-order chi connectivity index (χ1) is 13.3. The van der Waals surface area contributed by atoms with Gasteiger partial charge in [0.25, 0.3) is 0 Å². The lowest BCUT2D eigenvalue weighted by Gasteiger charge is -2.27. The topological polar surface area (TPSA) is 75.3 Å². The van der Waals surface area contributed by atoms with Crippen molar-refractivity contribution in [2.45, 2.75) is 36.6 Å². The molecule has 0 heterocycles. The second-order valence-corrected chi connectivity index (χ2v) is 8.65. The largest absolute Gasteiger partial charge is 0.359 e. The van der Waals surface area contributed by atoms with Crippen LogP contribution in [0.4, 0.5) is 8.78 Å². The lowest BCUT2D eigenvalue weighted by Crippen LogP contribution is -2.40. The van der Waals surface area contributed by atoms with Crippen molar-refractivity contribution < 1.29 is 22.0 Å². The molecule has 150 valence electrons. The van der Waals surface area contributed by atoms with E-state index in [0.29, 0.717) is 31.2 Å². The summed E-state index contributed by atoms with van der Waals surface area (Å²) in [7, 11) is -2.13. The van der Waals surface area contributed by atoms with E-state index in [9.17, 15) is 22.0 Å². The van der Waals surface area contributed by atoms with Crippen molar-refractivity contribution in [2.24, 2.45) is 5.92 Å². The van der Waals surface area contributed by atoms with E-state index in [1.165, 1.54) is 30.3 Å². The van der Waals surface area contributed by atoms with Crippen molar-refractivity contribution in [1.29, 1.82) is 0 Å². The van der Waals surface area contributed by atoms with Gasteiger partial charge in [0, 0.05) is 30.6 Å². The highest BCUT2D eigenvalue weighted by Gasteiger charge is 2.28. The summed E-state index contributed by atoms with van der Waals surface area (Å²) in [4.78, 5) is 11.8. The summed E-state index contributed by atoms with van der Waals surface area (Å²) < 4.78 is 54.9. The maximum absolute atomic E-state index is 13.9. The highest BCUT2D eigenvalue weighted by molar-refractivity contribution is 7.89. The van der Waals surface area contributed by atoms with E-state index in [1.54, 1.807) is 7.05 Å². The highest BCUT2D eigenvalue weighted by atomic mass is 32.2. The number of carbonyl (C=O) groups excluding carboxylic acids is 1. The van der Waals surface area contributed by atoms with Crippen LogP contribution in [0.2, 0.25) is 0 Å². The van der Waals surface area contributed by atoms with Crippen molar-refractivity contribution in [1.82, 2.24) is 10.0 Å². The van der Waals surface area contributed by atoms with Crippen LogP contribution in [-0.4, -0.2) is 27.4 Å². The Morgan fingerprint density at radius 1 is 1.00 bits per heavy atom. The molecule has 0 aliphatic heterocycles. The Bertz CT molecular complexity index is 954. The molecular formula is C20H22F2N2O3S. The van der Waals surface area contributed by atoms with Crippen LogP contribution >= 0.6 is 0 Å². The molecule has 0 radical (unpaired) electrons. The Morgan fingerprint density at radius 3 is 2.21 bits per heavy atom. The normalized spacial score (nSPS) is 20.0. The number of benzene rings is 2. The lowest BCUT2D eigenvalue weighted by molar-refractivity contribution is -0.125. The quantitative estimate of drug-likeness (QED) is 0.798.